The van der Waals surface area contributed by atoms with E-state index in [0.717, 1.165) is 33.4 Å². The third-order valence-corrected chi connectivity index (χ3v) is 4.31. The van der Waals surface area contributed by atoms with Crippen molar-refractivity contribution < 1.29 is 0 Å². The number of anilines is 2. The number of hydrogen-bond donors (Lipinski definition) is 3. The Hall–Kier alpha value is -4.14. The number of aromatic amines is 2. The number of fused-ring (bicyclic) bond motifs is 1. The predicted octanol–water partition coefficient (Wildman–Crippen LogP) is 3.25. The van der Waals surface area contributed by atoms with Crippen molar-refractivity contribution in [1.82, 2.24) is 40.1 Å². The number of imidazole rings is 1. The molecule has 3 N–H and O–H groups in total. The summed E-state index contributed by atoms with van der Waals surface area (Å²) < 4.78 is 0. The van der Waals surface area contributed by atoms with E-state index in [0.29, 0.717) is 17.6 Å². The first kappa shape index (κ1) is 16.1. The number of benzene rings is 1. The molecule has 4 heterocycles. The smallest absolute Gasteiger partial charge is 0.206 e. The first-order valence-corrected chi connectivity index (χ1v) is 8.62. The van der Waals surface area contributed by atoms with Crippen molar-refractivity contribution in [3.8, 4) is 22.5 Å². The van der Waals surface area contributed by atoms with E-state index < -0.39 is 0 Å². The van der Waals surface area contributed by atoms with Crippen LogP contribution < -0.4 is 5.32 Å². The number of H-pyrrole nitrogens is 2. The highest BCUT2D eigenvalue weighted by Gasteiger charge is 2.15. The highest BCUT2D eigenvalue weighted by atomic mass is 15.2. The summed E-state index contributed by atoms with van der Waals surface area (Å²) in [6, 6.07) is 9.85. The number of pyridine rings is 1. The molecule has 0 fully saturated rings. The second-order valence-corrected chi connectivity index (χ2v) is 6.23. The van der Waals surface area contributed by atoms with Crippen LogP contribution in [0, 0.1) is 6.92 Å². The van der Waals surface area contributed by atoms with Gasteiger partial charge in [-0.25, -0.2) is 19.9 Å². The summed E-state index contributed by atoms with van der Waals surface area (Å²) >= 11 is 0. The Balaban J connectivity index is 1.69. The molecule has 4 aromatic heterocycles. The predicted molar refractivity (Wildman–Crippen MR) is 105 cm³/mol. The van der Waals surface area contributed by atoms with Gasteiger partial charge in [0.25, 0.3) is 0 Å². The van der Waals surface area contributed by atoms with Crippen LogP contribution >= 0.6 is 0 Å². The standard InChI is InChI=1S/C19H15N9/c1-11-6-12(2-4-21-11)13-7-15-16(8-14(13)18-22-9-20-10-23-18)26-19(25-15)27-17-3-5-24-28-17/h2-10H,1H3,(H3,24,25,26,27,28). The van der Waals surface area contributed by atoms with E-state index >= 15 is 0 Å². The molecule has 0 aliphatic heterocycles. The van der Waals surface area contributed by atoms with E-state index in [4.69, 9.17) is 0 Å². The van der Waals surface area contributed by atoms with Crippen molar-refractivity contribution in [2.75, 3.05) is 5.32 Å². The van der Waals surface area contributed by atoms with Crippen LogP contribution in [0.3, 0.4) is 0 Å². The molecule has 0 aliphatic rings. The molecule has 5 rings (SSSR count). The molecule has 136 valence electrons. The summed E-state index contributed by atoms with van der Waals surface area (Å²) in [5.74, 6) is 1.87. The molecule has 0 spiro atoms. The fraction of sp³-hybridized carbons (Fsp3) is 0.0526. The zero-order chi connectivity index (χ0) is 18.9. The van der Waals surface area contributed by atoms with E-state index in [9.17, 15) is 0 Å². The van der Waals surface area contributed by atoms with Crippen molar-refractivity contribution in [3.63, 3.8) is 0 Å². The number of nitrogens with zero attached hydrogens (tertiary/aromatic N) is 6. The zero-order valence-corrected chi connectivity index (χ0v) is 14.9. The van der Waals surface area contributed by atoms with Crippen LogP contribution in [-0.4, -0.2) is 40.1 Å². The SMILES string of the molecule is Cc1cc(-c2cc3[nH]c(Nc4cc[nH]n4)nc3cc2-c2ncncn2)ccn1. The fourth-order valence-electron chi connectivity index (χ4n) is 3.08. The largest absolute Gasteiger partial charge is 0.324 e. The lowest BCUT2D eigenvalue weighted by Gasteiger charge is -2.09. The molecule has 0 saturated heterocycles. The van der Waals surface area contributed by atoms with Gasteiger partial charge in [0.05, 0.1) is 11.0 Å². The third kappa shape index (κ3) is 2.94. The second kappa shape index (κ2) is 6.54. The van der Waals surface area contributed by atoms with Gasteiger partial charge in [0.2, 0.25) is 5.95 Å². The topological polar surface area (TPSA) is 121 Å². The van der Waals surface area contributed by atoms with E-state index in [2.05, 4.69) is 45.4 Å². The lowest BCUT2D eigenvalue weighted by Crippen LogP contribution is -1.93. The Morgan fingerprint density at radius 2 is 1.86 bits per heavy atom. The molecule has 0 aliphatic carbocycles. The van der Waals surface area contributed by atoms with Gasteiger partial charge in [0.1, 0.15) is 12.7 Å². The fourth-order valence-corrected chi connectivity index (χ4v) is 3.08. The van der Waals surface area contributed by atoms with Gasteiger partial charge in [0, 0.05) is 29.7 Å². The number of aromatic nitrogens is 8. The molecule has 0 amide bonds. The van der Waals surface area contributed by atoms with E-state index in [1.54, 1.807) is 12.4 Å². The van der Waals surface area contributed by atoms with Gasteiger partial charge in [-0.3, -0.25) is 10.1 Å². The zero-order valence-electron chi connectivity index (χ0n) is 14.9. The van der Waals surface area contributed by atoms with Crippen LogP contribution in [0.1, 0.15) is 5.69 Å². The van der Waals surface area contributed by atoms with Gasteiger partial charge in [-0.15, -0.1) is 0 Å². The van der Waals surface area contributed by atoms with E-state index in [1.807, 2.05) is 37.3 Å². The van der Waals surface area contributed by atoms with Crippen molar-refractivity contribution in [2.45, 2.75) is 6.92 Å². The summed E-state index contributed by atoms with van der Waals surface area (Å²) in [7, 11) is 0. The molecular weight excluding hydrogens is 354 g/mol. The van der Waals surface area contributed by atoms with Gasteiger partial charge in [0.15, 0.2) is 11.6 Å². The number of hydrogen-bond acceptors (Lipinski definition) is 7. The van der Waals surface area contributed by atoms with Crippen molar-refractivity contribution >= 4 is 22.8 Å². The molecule has 9 heteroatoms. The van der Waals surface area contributed by atoms with Crippen molar-refractivity contribution in [3.05, 3.63) is 61.1 Å². The lowest BCUT2D eigenvalue weighted by atomic mass is 9.98. The van der Waals surface area contributed by atoms with Crippen LogP contribution in [0.25, 0.3) is 33.5 Å². The summed E-state index contributed by atoms with van der Waals surface area (Å²) in [5, 5.41) is 10.0. The molecule has 5 aromatic rings. The quantitative estimate of drug-likeness (QED) is 0.444. The summed E-state index contributed by atoms with van der Waals surface area (Å²) in [5.41, 5.74) is 5.51. The summed E-state index contributed by atoms with van der Waals surface area (Å²) in [6.45, 7) is 1.97. The molecule has 0 unspecified atom stereocenters. The second-order valence-electron chi connectivity index (χ2n) is 6.23. The molecule has 28 heavy (non-hydrogen) atoms. The van der Waals surface area contributed by atoms with Gasteiger partial charge in [-0.2, -0.15) is 5.10 Å². The molecular formula is C19H15N9. The Morgan fingerprint density at radius 3 is 2.64 bits per heavy atom. The molecule has 0 atom stereocenters. The lowest BCUT2D eigenvalue weighted by molar-refractivity contribution is 1.06. The van der Waals surface area contributed by atoms with Crippen molar-refractivity contribution in [2.24, 2.45) is 0 Å². The maximum absolute atomic E-state index is 4.62. The third-order valence-electron chi connectivity index (χ3n) is 4.31. The van der Waals surface area contributed by atoms with Crippen LogP contribution in [0.5, 0.6) is 0 Å². The normalized spacial score (nSPS) is 11.0. The van der Waals surface area contributed by atoms with Crippen LogP contribution in [0.4, 0.5) is 11.8 Å². The highest BCUT2D eigenvalue weighted by molar-refractivity contribution is 5.92. The Morgan fingerprint density at radius 1 is 0.964 bits per heavy atom. The average molecular weight is 369 g/mol. The first-order chi connectivity index (χ1) is 13.8. The van der Waals surface area contributed by atoms with Gasteiger partial charge in [-0.05, 0) is 42.3 Å². The van der Waals surface area contributed by atoms with E-state index in [-0.39, 0.29) is 0 Å². The summed E-state index contributed by atoms with van der Waals surface area (Å²) in [6.07, 6.45) is 6.52. The van der Waals surface area contributed by atoms with Gasteiger partial charge in [-0.1, -0.05) is 0 Å². The van der Waals surface area contributed by atoms with Crippen LogP contribution in [0.2, 0.25) is 0 Å². The summed E-state index contributed by atoms with van der Waals surface area (Å²) in [4.78, 5) is 24.8. The Bertz CT molecular complexity index is 1240. The Labute approximate surface area is 159 Å². The minimum Gasteiger partial charge on any atom is -0.324 e. The molecule has 0 saturated carbocycles. The molecule has 1 aromatic carbocycles. The molecule has 9 nitrogen and oxygen atoms in total. The number of nitrogens with one attached hydrogen (secondary N) is 3. The van der Waals surface area contributed by atoms with Crippen LogP contribution in [0.15, 0.2) is 55.4 Å². The highest BCUT2D eigenvalue weighted by Crippen LogP contribution is 2.34. The monoisotopic (exact) mass is 369 g/mol. The van der Waals surface area contributed by atoms with Crippen molar-refractivity contribution in [1.29, 1.82) is 0 Å². The van der Waals surface area contributed by atoms with Crippen LogP contribution in [-0.2, 0) is 0 Å². The van der Waals surface area contributed by atoms with Gasteiger partial charge >= 0.3 is 0 Å². The first-order valence-electron chi connectivity index (χ1n) is 8.62. The van der Waals surface area contributed by atoms with E-state index in [1.165, 1.54) is 12.7 Å². The Kier molecular flexibility index (Phi) is 3.75. The number of aryl methyl sites for hydroxylation is 1. The number of rotatable bonds is 4. The average Bonchev–Trinajstić information content (AvgIpc) is 3.37. The van der Waals surface area contributed by atoms with Gasteiger partial charge < -0.3 is 10.3 Å². The molecule has 0 bridgehead atoms. The minimum atomic E-state index is 0.589. The minimum absolute atomic E-state index is 0.589. The molecule has 0 radical (unpaired) electrons. The maximum atomic E-state index is 4.62. The maximum Gasteiger partial charge on any atom is 0.206 e.